The SMILES string of the molecule is CCCCCCCCN1C(=O)C(c2ccc(C)cc2C)=C(N(C)Cc2ccccc2)C1=O. The van der Waals surface area contributed by atoms with Gasteiger partial charge in [0, 0.05) is 20.1 Å². The van der Waals surface area contributed by atoms with Crippen LogP contribution in [-0.4, -0.2) is 35.2 Å². The summed E-state index contributed by atoms with van der Waals surface area (Å²) < 4.78 is 0. The van der Waals surface area contributed by atoms with Gasteiger partial charge in [0.15, 0.2) is 0 Å². The van der Waals surface area contributed by atoms with E-state index in [1.165, 1.54) is 24.2 Å². The van der Waals surface area contributed by atoms with Gasteiger partial charge in [-0.2, -0.15) is 0 Å². The maximum atomic E-state index is 13.5. The van der Waals surface area contributed by atoms with Crippen molar-refractivity contribution in [3.05, 3.63) is 76.5 Å². The second-order valence-electron chi connectivity index (χ2n) is 8.91. The third-order valence-electron chi connectivity index (χ3n) is 6.17. The molecule has 0 aromatic heterocycles. The Morgan fingerprint density at radius 3 is 2.22 bits per heavy atom. The zero-order valence-corrected chi connectivity index (χ0v) is 20.0. The van der Waals surface area contributed by atoms with E-state index < -0.39 is 0 Å². The minimum Gasteiger partial charge on any atom is -0.365 e. The molecule has 2 amide bonds. The quantitative estimate of drug-likeness (QED) is 0.329. The van der Waals surface area contributed by atoms with Crippen LogP contribution in [0.3, 0.4) is 0 Å². The number of imide groups is 1. The standard InChI is InChI=1S/C28H36N2O2/c1-5-6-7-8-9-13-18-30-27(31)25(24-17-16-21(2)19-22(24)3)26(28(30)32)29(4)20-23-14-11-10-12-15-23/h10-12,14-17,19H,5-9,13,18,20H2,1-4H3. The monoisotopic (exact) mass is 432 g/mol. The smallest absolute Gasteiger partial charge is 0.277 e. The van der Waals surface area contributed by atoms with E-state index in [4.69, 9.17) is 0 Å². The number of hydrogen-bond donors (Lipinski definition) is 0. The summed E-state index contributed by atoms with van der Waals surface area (Å²) in [4.78, 5) is 30.4. The molecular weight excluding hydrogens is 396 g/mol. The molecule has 0 N–H and O–H groups in total. The number of carbonyl (C=O) groups is 2. The predicted octanol–water partition coefficient (Wildman–Crippen LogP) is 5.88. The van der Waals surface area contributed by atoms with Crippen LogP contribution in [-0.2, 0) is 16.1 Å². The summed E-state index contributed by atoms with van der Waals surface area (Å²) in [6.45, 7) is 7.32. The number of carbonyl (C=O) groups excluding carboxylic acids is 2. The van der Waals surface area contributed by atoms with Gasteiger partial charge >= 0.3 is 0 Å². The van der Waals surface area contributed by atoms with Gasteiger partial charge in [-0.05, 0) is 37.0 Å². The highest BCUT2D eigenvalue weighted by Crippen LogP contribution is 2.34. The van der Waals surface area contributed by atoms with Gasteiger partial charge in [0.1, 0.15) is 5.70 Å². The zero-order valence-electron chi connectivity index (χ0n) is 20.0. The lowest BCUT2D eigenvalue weighted by molar-refractivity contribution is -0.137. The Labute approximate surface area is 192 Å². The van der Waals surface area contributed by atoms with Crippen molar-refractivity contribution in [3.63, 3.8) is 0 Å². The Balaban J connectivity index is 1.87. The molecule has 1 aliphatic heterocycles. The van der Waals surface area contributed by atoms with Crippen LogP contribution in [0, 0.1) is 13.8 Å². The second-order valence-corrected chi connectivity index (χ2v) is 8.91. The van der Waals surface area contributed by atoms with Crippen LogP contribution < -0.4 is 0 Å². The Morgan fingerprint density at radius 2 is 1.53 bits per heavy atom. The minimum atomic E-state index is -0.169. The molecule has 0 spiro atoms. The molecule has 0 bridgehead atoms. The highest BCUT2D eigenvalue weighted by Gasteiger charge is 2.40. The van der Waals surface area contributed by atoms with Crippen molar-refractivity contribution in [1.29, 1.82) is 0 Å². The summed E-state index contributed by atoms with van der Waals surface area (Å²) >= 11 is 0. The van der Waals surface area contributed by atoms with E-state index in [0.717, 1.165) is 41.5 Å². The minimum absolute atomic E-state index is 0.162. The first-order valence-electron chi connectivity index (χ1n) is 11.9. The number of aryl methyl sites for hydroxylation is 2. The van der Waals surface area contributed by atoms with Crippen LogP contribution in [0.5, 0.6) is 0 Å². The predicted molar refractivity (Wildman–Crippen MR) is 131 cm³/mol. The van der Waals surface area contributed by atoms with Crippen LogP contribution in [0.1, 0.15) is 67.7 Å². The molecule has 0 atom stereocenters. The largest absolute Gasteiger partial charge is 0.365 e. The van der Waals surface area contributed by atoms with Crippen LogP contribution in [0.4, 0.5) is 0 Å². The molecule has 1 heterocycles. The van der Waals surface area contributed by atoms with Crippen molar-refractivity contribution >= 4 is 17.4 Å². The van der Waals surface area contributed by atoms with Crippen molar-refractivity contribution in [1.82, 2.24) is 9.80 Å². The number of unbranched alkanes of at least 4 members (excludes halogenated alkanes) is 5. The summed E-state index contributed by atoms with van der Waals surface area (Å²) in [5.41, 5.74) is 5.18. The molecule has 0 saturated carbocycles. The van der Waals surface area contributed by atoms with Crippen LogP contribution in [0.2, 0.25) is 0 Å². The summed E-state index contributed by atoms with van der Waals surface area (Å²) in [6, 6.07) is 16.1. The van der Waals surface area contributed by atoms with Gasteiger partial charge in [-0.1, -0.05) is 93.1 Å². The molecule has 170 valence electrons. The molecule has 0 radical (unpaired) electrons. The van der Waals surface area contributed by atoms with Gasteiger partial charge in [-0.25, -0.2) is 0 Å². The van der Waals surface area contributed by atoms with Crippen LogP contribution in [0.15, 0.2) is 54.2 Å². The molecule has 0 saturated heterocycles. The molecular formula is C28H36N2O2. The molecule has 4 nitrogen and oxygen atoms in total. The van der Waals surface area contributed by atoms with E-state index >= 15 is 0 Å². The third-order valence-corrected chi connectivity index (χ3v) is 6.17. The molecule has 2 aromatic carbocycles. The summed E-state index contributed by atoms with van der Waals surface area (Å²) in [5.74, 6) is -0.331. The summed E-state index contributed by atoms with van der Waals surface area (Å²) in [6.07, 6.45) is 6.73. The summed E-state index contributed by atoms with van der Waals surface area (Å²) in [5, 5.41) is 0. The first kappa shape index (κ1) is 23.8. The molecule has 0 aliphatic carbocycles. The van der Waals surface area contributed by atoms with Crippen molar-refractivity contribution in [2.75, 3.05) is 13.6 Å². The van der Waals surface area contributed by atoms with Gasteiger partial charge in [0.05, 0.1) is 5.57 Å². The topological polar surface area (TPSA) is 40.6 Å². The van der Waals surface area contributed by atoms with E-state index in [-0.39, 0.29) is 11.8 Å². The Hall–Kier alpha value is -2.88. The lowest BCUT2D eigenvalue weighted by Gasteiger charge is -2.22. The Bertz CT molecular complexity index is 978. The zero-order chi connectivity index (χ0) is 23.1. The third kappa shape index (κ3) is 5.48. The second kappa shape index (κ2) is 11.1. The van der Waals surface area contributed by atoms with Gasteiger partial charge in [0.2, 0.25) is 0 Å². The lowest BCUT2D eigenvalue weighted by Crippen LogP contribution is -2.35. The number of amides is 2. The van der Waals surface area contributed by atoms with E-state index in [0.29, 0.717) is 24.4 Å². The van der Waals surface area contributed by atoms with Gasteiger partial charge < -0.3 is 4.90 Å². The first-order chi connectivity index (χ1) is 15.4. The fourth-order valence-corrected chi connectivity index (χ4v) is 4.44. The molecule has 0 unspecified atom stereocenters. The molecule has 1 aliphatic rings. The fraction of sp³-hybridized carbons (Fsp3) is 0.429. The Morgan fingerprint density at radius 1 is 0.844 bits per heavy atom. The number of nitrogens with zero attached hydrogens (tertiary/aromatic N) is 2. The number of likely N-dealkylation sites (N-methyl/N-ethyl adjacent to an activating group) is 1. The van der Waals surface area contributed by atoms with Crippen molar-refractivity contribution in [3.8, 4) is 0 Å². The summed E-state index contributed by atoms with van der Waals surface area (Å²) in [7, 11) is 1.91. The average Bonchev–Trinajstić information content (AvgIpc) is 3.01. The number of hydrogen-bond acceptors (Lipinski definition) is 3. The van der Waals surface area contributed by atoms with Gasteiger partial charge in [0.25, 0.3) is 11.8 Å². The van der Waals surface area contributed by atoms with Crippen molar-refractivity contribution in [2.45, 2.75) is 65.8 Å². The lowest BCUT2D eigenvalue weighted by atomic mass is 9.97. The first-order valence-corrected chi connectivity index (χ1v) is 11.9. The highest BCUT2D eigenvalue weighted by molar-refractivity contribution is 6.35. The number of benzene rings is 2. The number of rotatable bonds is 11. The van der Waals surface area contributed by atoms with Crippen LogP contribution in [0.25, 0.3) is 5.57 Å². The van der Waals surface area contributed by atoms with Crippen molar-refractivity contribution < 1.29 is 9.59 Å². The normalized spacial score (nSPS) is 13.9. The van der Waals surface area contributed by atoms with E-state index in [9.17, 15) is 9.59 Å². The maximum absolute atomic E-state index is 13.5. The average molecular weight is 433 g/mol. The highest BCUT2D eigenvalue weighted by atomic mass is 16.2. The van der Waals surface area contributed by atoms with Crippen molar-refractivity contribution in [2.24, 2.45) is 0 Å². The molecule has 4 heteroatoms. The molecule has 3 rings (SSSR count). The molecule has 0 fully saturated rings. The fourth-order valence-electron chi connectivity index (χ4n) is 4.44. The molecule has 2 aromatic rings. The van der Waals surface area contributed by atoms with E-state index in [1.807, 2.05) is 68.3 Å². The van der Waals surface area contributed by atoms with E-state index in [1.54, 1.807) is 0 Å². The Kier molecular flexibility index (Phi) is 8.26. The molecule has 32 heavy (non-hydrogen) atoms. The van der Waals surface area contributed by atoms with Gasteiger partial charge in [-0.15, -0.1) is 0 Å². The van der Waals surface area contributed by atoms with Crippen LogP contribution >= 0.6 is 0 Å². The maximum Gasteiger partial charge on any atom is 0.277 e. The van der Waals surface area contributed by atoms with Gasteiger partial charge in [-0.3, -0.25) is 14.5 Å². The van der Waals surface area contributed by atoms with E-state index in [2.05, 4.69) is 13.0 Å².